The molecule has 4 N–H and O–H groups in total. The van der Waals surface area contributed by atoms with Crippen LogP contribution in [0.25, 0.3) is 0 Å². The van der Waals surface area contributed by atoms with Crippen LogP contribution in [-0.2, 0) is 21.2 Å². The van der Waals surface area contributed by atoms with Gasteiger partial charge in [-0.3, -0.25) is 10.0 Å². The molecular weight excluding hydrogens is 515 g/mol. The number of amides is 2. The Morgan fingerprint density at radius 1 is 1.22 bits per heavy atom. The van der Waals surface area contributed by atoms with Crippen LogP contribution in [0.2, 0.25) is 0 Å². The van der Waals surface area contributed by atoms with Gasteiger partial charge in [-0.2, -0.15) is 0 Å². The number of carbonyl (C=O) groups excluding carboxylic acids is 1. The molecule has 36 heavy (non-hydrogen) atoms. The first-order valence-electron chi connectivity index (χ1n) is 10.5. The first-order chi connectivity index (χ1) is 17.1. The Labute approximate surface area is 211 Å². The fraction of sp³-hybridized carbons (Fsp3) is 0.273. The van der Waals surface area contributed by atoms with Gasteiger partial charge in [0.25, 0.3) is 0 Å². The molecule has 1 heterocycles. The van der Waals surface area contributed by atoms with Crippen LogP contribution in [0.3, 0.4) is 0 Å². The second-order valence-corrected chi connectivity index (χ2v) is 9.90. The van der Waals surface area contributed by atoms with Gasteiger partial charge in [-0.15, -0.1) is 11.3 Å². The third-order valence-corrected chi connectivity index (χ3v) is 5.82. The highest BCUT2D eigenvalue weighted by molar-refractivity contribution is 7.92. The lowest BCUT2D eigenvalue weighted by Gasteiger charge is -2.16. The van der Waals surface area contributed by atoms with Crippen LogP contribution in [0, 0.1) is 5.82 Å². The van der Waals surface area contributed by atoms with Crippen LogP contribution >= 0.6 is 11.3 Å². The summed E-state index contributed by atoms with van der Waals surface area (Å²) in [7, 11) is -2.26. The Bertz CT molecular complexity index is 1320. The number of rotatable bonds is 11. The number of nitrogens with zero attached hydrogens (tertiary/aromatic N) is 1. The summed E-state index contributed by atoms with van der Waals surface area (Å²) in [5, 5.41) is 16.8. The summed E-state index contributed by atoms with van der Waals surface area (Å²) in [5.74, 6) is -0.780. The van der Waals surface area contributed by atoms with Crippen molar-refractivity contribution in [3.05, 3.63) is 53.3 Å². The zero-order valence-corrected chi connectivity index (χ0v) is 21.2. The van der Waals surface area contributed by atoms with E-state index in [0.29, 0.717) is 12.3 Å². The number of aliphatic hydroxyl groups is 1. The summed E-state index contributed by atoms with van der Waals surface area (Å²) in [4.78, 5) is 16.9. The van der Waals surface area contributed by atoms with E-state index in [9.17, 15) is 22.7 Å². The highest BCUT2D eigenvalue weighted by Crippen LogP contribution is 2.38. The molecule has 194 valence electrons. The predicted molar refractivity (Wildman–Crippen MR) is 134 cm³/mol. The van der Waals surface area contributed by atoms with E-state index >= 15 is 0 Å². The quantitative estimate of drug-likeness (QED) is 0.267. The molecule has 0 saturated carbocycles. The first-order valence-corrected chi connectivity index (χ1v) is 13.3. The van der Waals surface area contributed by atoms with Crippen molar-refractivity contribution in [1.82, 2.24) is 4.98 Å². The smallest absolute Gasteiger partial charge is 0.325 e. The van der Waals surface area contributed by atoms with Gasteiger partial charge in [0.15, 0.2) is 28.7 Å². The summed E-state index contributed by atoms with van der Waals surface area (Å²) in [6.45, 7) is 2.09. The van der Waals surface area contributed by atoms with Gasteiger partial charge in [-0.05, 0) is 37.3 Å². The molecule has 0 saturated heterocycles. The molecule has 0 aliphatic carbocycles. The molecule has 2 aromatic carbocycles. The molecule has 3 rings (SSSR count). The van der Waals surface area contributed by atoms with Crippen molar-refractivity contribution in [2.45, 2.75) is 19.6 Å². The van der Waals surface area contributed by atoms with E-state index in [-0.39, 0.29) is 40.2 Å². The number of benzene rings is 2. The Hall–Kier alpha value is -3.46. The van der Waals surface area contributed by atoms with Gasteiger partial charge in [0.2, 0.25) is 15.8 Å². The number of anilines is 3. The van der Waals surface area contributed by atoms with Crippen molar-refractivity contribution >= 4 is 43.9 Å². The van der Waals surface area contributed by atoms with Crippen molar-refractivity contribution in [3.8, 4) is 17.2 Å². The average molecular weight is 541 g/mol. The van der Waals surface area contributed by atoms with E-state index in [2.05, 4.69) is 20.3 Å². The molecular formula is C22H25FN4O7S2. The normalized spacial score (nSPS) is 12.0. The van der Waals surface area contributed by atoms with E-state index in [0.717, 1.165) is 17.6 Å². The van der Waals surface area contributed by atoms with Crippen LogP contribution in [0.1, 0.15) is 12.6 Å². The largest absolute Gasteiger partial charge is 0.493 e. The molecule has 0 bridgehead atoms. The second-order valence-electron chi connectivity index (χ2n) is 7.30. The number of halogens is 1. The molecule has 0 aliphatic heterocycles. The summed E-state index contributed by atoms with van der Waals surface area (Å²) in [6, 6.07) is 7.48. The first kappa shape index (κ1) is 27.1. The predicted octanol–water partition coefficient (Wildman–Crippen LogP) is 4.00. The number of urea groups is 1. The number of thiazole rings is 1. The van der Waals surface area contributed by atoms with Gasteiger partial charge < -0.3 is 24.6 Å². The maximum absolute atomic E-state index is 14.4. The zero-order chi connectivity index (χ0) is 26.3. The number of nitrogens with one attached hydrogen (secondary N) is 3. The van der Waals surface area contributed by atoms with Gasteiger partial charge in [-0.1, -0.05) is 6.07 Å². The van der Waals surface area contributed by atoms with E-state index in [1.54, 1.807) is 12.3 Å². The van der Waals surface area contributed by atoms with Crippen molar-refractivity contribution in [2.75, 3.05) is 35.3 Å². The topological polar surface area (TPSA) is 148 Å². The van der Waals surface area contributed by atoms with Crippen molar-refractivity contribution in [2.24, 2.45) is 0 Å². The third kappa shape index (κ3) is 7.78. The SMILES string of the molecule is CCOC(O)Cc1csc(NC(=O)Nc2cc(NS(C)(=O)=O)ccc2Oc2c(F)cccc2OC)n1. The number of sulfonamides is 1. The lowest BCUT2D eigenvalue weighted by atomic mass is 10.2. The van der Waals surface area contributed by atoms with Crippen molar-refractivity contribution < 1.29 is 36.9 Å². The molecule has 3 aromatic rings. The fourth-order valence-corrected chi connectivity index (χ4v) is 4.27. The van der Waals surface area contributed by atoms with Crippen LogP contribution in [0.4, 0.5) is 25.7 Å². The van der Waals surface area contributed by atoms with Crippen LogP contribution in [0.5, 0.6) is 17.2 Å². The fourth-order valence-electron chi connectivity index (χ4n) is 2.99. The molecule has 14 heteroatoms. The number of methoxy groups -OCH3 is 1. The number of carbonyl (C=O) groups is 1. The Morgan fingerprint density at radius 3 is 2.69 bits per heavy atom. The van der Waals surface area contributed by atoms with E-state index in [1.165, 1.54) is 43.5 Å². The molecule has 0 spiro atoms. The Balaban J connectivity index is 1.83. The minimum Gasteiger partial charge on any atom is -0.493 e. The van der Waals surface area contributed by atoms with Gasteiger partial charge in [0.1, 0.15) is 0 Å². The summed E-state index contributed by atoms with van der Waals surface area (Å²) < 4.78 is 55.9. The van der Waals surface area contributed by atoms with Crippen molar-refractivity contribution in [1.29, 1.82) is 0 Å². The lowest BCUT2D eigenvalue weighted by Crippen LogP contribution is -2.20. The maximum Gasteiger partial charge on any atom is 0.325 e. The maximum atomic E-state index is 14.4. The van der Waals surface area contributed by atoms with Crippen LogP contribution in [-0.4, -0.2) is 50.8 Å². The summed E-state index contributed by atoms with van der Waals surface area (Å²) >= 11 is 1.13. The minimum absolute atomic E-state index is 0.0206. The number of aliphatic hydroxyl groups excluding tert-OH is 1. The number of ether oxygens (including phenoxy) is 3. The number of hydrogen-bond acceptors (Lipinski definition) is 9. The monoisotopic (exact) mass is 540 g/mol. The molecule has 0 radical (unpaired) electrons. The standard InChI is InChI=1S/C22H25FN4O7S2/c1-4-33-19(28)11-14-12-35-22(24-14)26-21(29)25-16-10-13(27-36(3,30)31)8-9-17(16)34-20-15(23)6-5-7-18(20)32-2/h5-10,12,19,27-28H,4,11H2,1-3H3,(H2,24,25,26,29). The van der Waals surface area contributed by atoms with Gasteiger partial charge in [0, 0.05) is 18.4 Å². The molecule has 1 atom stereocenters. The van der Waals surface area contributed by atoms with Crippen LogP contribution in [0.15, 0.2) is 41.8 Å². The molecule has 11 nitrogen and oxygen atoms in total. The van der Waals surface area contributed by atoms with Gasteiger partial charge in [-0.25, -0.2) is 22.6 Å². The zero-order valence-electron chi connectivity index (χ0n) is 19.6. The molecule has 1 aromatic heterocycles. The number of aromatic nitrogens is 1. The van der Waals surface area contributed by atoms with E-state index in [1.807, 2.05) is 0 Å². The highest BCUT2D eigenvalue weighted by atomic mass is 32.2. The van der Waals surface area contributed by atoms with Crippen LogP contribution < -0.4 is 24.8 Å². The summed E-state index contributed by atoms with van der Waals surface area (Å²) in [6.07, 6.45) is 0.109. The third-order valence-electron chi connectivity index (χ3n) is 4.41. The molecule has 1 unspecified atom stereocenters. The number of para-hydroxylation sites is 1. The average Bonchev–Trinajstić information content (AvgIpc) is 3.21. The van der Waals surface area contributed by atoms with Gasteiger partial charge >= 0.3 is 6.03 Å². The van der Waals surface area contributed by atoms with E-state index < -0.39 is 28.2 Å². The Morgan fingerprint density at radius 2 is 2.00 bits per heavy atom. The summed E-state index contributed by atoms with van der Waals surface area (Å²) in [5.41, 5.74) is 0.698. The lowest BCUT2D eigenvalue weighted by molar-refractivity contribution is -0.0931. The highest BCUT2D eigenvalue weighted by Gasteiger charge is 2.17. The molecule has 2 amide bonds. The van der Waals surface area contributed by atoms with Crippen molar-refractivity contribution in [3.63, 3.8) is 0 Å². The minimum atomic E-state index is -3.61. The second kappa shape index (κ2) is 12.0. The van der Waals surface area contributed by atoms with E-state index in [4.69, 9.17) is 14.2 Å². The molecule has 0 fully saturated rings. The number of hydrogen-bond donors (Lipinski definition) is 4. The van der Waals surface area contributed by atoms with Gasteiger partial charge in [0.05, 0.1) is 30.4 Å². The Kier molecular flexibility index (Phi) is 9.03. The molecule has 0 aliphatic rings.